The first-order valence-corrected chi connectivity index (χ1v) is 7.11. The fourth-order valence-corrected chi connectivity index (χ4v) is 2.99. The number of rotatable bonds is 5. The van der Waals surface area contributed by atoms with Crippen molar-refractivity contribution in [3.05, 3.63) is 29.3 Å². The summed E-state index contributed by atoms with van der Waals surface area (Å²) in [6.45, 7) is 0. The van der Waals surface area contributed by atoms with Crippen molar-refractivity contribution < 1.29 is 4.74 Å². The number of fused-ring (bicyclic) bond motifs is 1. The van der Waals surface area contributed by atoms with Crippen LogP contribution in [0.2, 0.25) is 0 Å². The Morgan fingerprint density at radius 3 is 3.00 bits per heavy atom. The lowest BCUT2D eigenvalue weighted by Gasteiger charge is -2.26. The van der Waals surface area contributed by atoms with Crippen molar-refractivity contribution in [3.63, 3.8) is 0 Å². The Morgan fingerprint density at radius 2 is 2.24 bits per heavy atom. The molecule has 2 rings (SSSR count). The Morgan fingerprint density at radius 1 is 1.35 bits per heavy atom. The molecular formula is C15H21ClO. The summed E-state index contributed by atoms with van der Waals surface area (Å²) in [5.41, 5.74) is 3.04. The highest BCUT2D eigenvalue weighted by Gasteiger charge is 2.19. The predicted molar refractivity (Wildman–Crippen MR) is 73.2 cm³/mol. The molecule has 1 aromatic rings. The standard InChI is InChI=1S/C15H21ClO/c1-17-14-8-9-15-12(5-2-3-10-16)6-4-7-13(15)11-14/h8-9,11-12H,2-7,10H2,1H3/t12-/m1/s1. The first-order valence-electron chi connectivity index (χ1n) is 6.58. The maximum Gasteiger partial charge on any atom is 0.119 e. The molecule has 0 heterocycles. The first-order chi connectivity index (χ1) is 8.35. The second-order valence-corrected chi connectivity index (χ2v) is 5.22. The van der Waals surface area contributed by atoms with Crippen molar-refractivity contribution in [1.29, 1.82) is 0 Å². The van der Waals surface area contributed by atoms with Crippen LogP contribution in [0.15, 0.2) is 18.2 Å². The van der Waals surface area contributed by atoms with E-state index in [1.54, 1.807) is 12.7 Å². The lowest BCUT2D eigenvalue weighted by Crippen LogP contribution is -2.10. The van der Waals surface area contributed by atoms with E-state index in [2.05, 4.69) is 18.2 Å². The summed E-state index contributed by atoms with van der Waals surface area (Å²) in [7, 11) is 1.74. The Labute approximate surface area is 109 Å². The van der Waals surface area contributed by atoms with Gasteiger partial charge < -0.3 is 4.74 Å². The first kappa shape index (κ1) is 12.8. The van der Waals surface area contributed by atoms with Gasteiger partial charge in [-0.1, -0.05) is 12.5 Å². The molecule has 1 nitrogen and oxygen atoms in total. The number of hydrogen-bond donors (Lipinski definition) is 0. The van der Waals surface area contributed by atoms with Gasteiger partial charge >= 0.3 is 0 Å². The summed E-state index contributed by atoms with van der Waals surface area (Å²) < 4.78 is 5.30. The van der Waals surface area contributed by atoms with E-state index in [-0.39, 0.29) is 0 Å². The van der Waals surface area contributed by atoms with Crippen molar-refractivity contribution in [2.75, 3.05) is 13.0 Å². The Kier molecular flexibility index (Phi) is 4.73. The number of hydrogen-bond acceptors (Lipinski definition) is 1. The molecule has 1 aromatic carbocycles. The zero-order valence-electron chi connectivity index (χ0n) is 10.5. The van der Waals surface area contributed by atoms with Gasteiger partial charge in [0.15, 0.2) is 0 Å². The second kappa shape index (κ2) is 6.30. The van der Waals surface area contributed by atoms with E-state index < -0.39 is 0 Å². The zero-order valence-corrected chi connectivity index (χ0v) is 11.3. The molecule has 0 N–H and O–H groups in total. The molecule has 0 spiro atoms. The topological polar surface area (TPSA) is 9.23 Å². The van der Waals surface area contributed by atoms with Gasteiger partial charge in [-0.3, -0.25) is 0 Å². The summed E-state index contributed by atoms with van der Waals surface area (Å²) in [6.07, 6.45) is 7.53. The lowest BCUT2D eigenvalue weighted by atomic mass is 9.80. The van der Waals surface area contributed by atoms with Gasteiger partial charge in [0.2, 0.25) is 0 Å². The van der Waals surface area contributed by atoms with Gasteiger partial charge in [0, 0.05) is 5.88 Å². The molecule has 0 amide bonds. The van der Waals surface area contributed by atoms with E-state index in [0.717, 1.165) is 24.0 Å². The number of unbranched alkanes of at least 4 members (excludes halogenated alkanes) is 1. The van der Waals surface area contributed by atoms with E-state index in [0.29, 0.717) is 0 Å². The third kappa shape index (κ3) is 3.16. The van der Waals surface area contributed by atoms with Crippen LogP contribution in [0, 0.1) is 0 Å². The molecule has 2 heteroatoms. The van der Waals surface area contributed by atoms with Crippen LogP contribution in [0.25, 0.3) is 0 Å². The average Bonchev–Trinajstić information content (AvgIpc) is 2.38. The highest BCUT2D eigenvalue weighted by atomic mass is 35.5. The maximum absolute atomic E-state index is 5.74. The highest BCUT2D eigenvalue weighted by Crippen LogP contribution is 2.36. The molecule has 1 aliphatic rings. The molecule has 0 fully saturated rings. The molecule has 0 bridgehead atoms. The minimum atomic E-state index is 0.743. The number of aryl methyl sites for hydroxylation is 1. The van der Waals surface area contributed by atoms with E-state index >= 15 is 0 Å². The van der Waals surface area contributed by atoms with Gasteiger partial charge in [0.1, 0.15) is 5.75 Å². The summed E-state index contributed by atoms with van der Waals surface area (Å²) in [4.78, 5) is 0. The molecule has 0 aromatic heterocycles. The number of alkyl halides is 1. The van der Waals surface area contributed by atoms with Crippen LogP contribution in [0.4, 0.5) is 0 Å². The second-order valence-electron chi connectivity index (χ2n) is 4.84. The Bertz CT molecular complexity index is 362. The molecule has 0 aliphatic heterocycles. The third-order valence-corrected chi connectivity index (χ3v) is 3.99. The van der Waals surface area contributed by atoms with Gasteiger partial charge in [0.25, 0.3) is 0 Å². The molecule has 0 saturated heterocycles. The van der Waals surface area contributed by atoms with Crippen molar-refractivity contribution in [3.8, 4) is 5.75 Å². The summed E-state index contributed by atoms with van der Waals surface area (Å²) in [5.74, 6) is 2.53. The monoisotopic (exact) mass is 252 g/mol. The minimum absolute atomic E-state index is 0.743. The van der Waals surface area contributed by atoms with Gasteiger partial charge in [-0.25, -0.2) is 0 Å². The van der Waals surface area contributed by atoms with Gasteiger partial charge in [-0.2, -0.15) is 0 Å². The van der Waals surface area contributed by atoms with Crippen LogP contribution in [0.5, 0.6) is 5.75 Å². The van der Waals surface area contributed by atoms with Gasteiger partial charge in [0.05, 0.1) is 7.11 Å². The largest absolute Gasteiger partial charge is 0.497 e. The van der Waals surface area contributed by atoms with Crippen molar-refractivity contribution in [1.82, 2.24) is 0 Å². The molecule has 1 aliphatic carbocycles. The highest BCUT2D eigenvalue weighted by molar-refractivity contribution is 6.17. The fourth-order valence-electron chi connectivity index (χ4n) is 2.80. The molecule has 0 saturated carbocycles. The van der Waals surface area contributed by atoms with Crippen LogP contribution < -0.4 is 4.74 Å². The Balaban J connectivity index is 2.08. The van der Waals surface area contributed by atoms with Crippen LogP contribution in [-0.2, 0) is 6.42 Å². The summed E-state index contributed by atoms with van der Waals surface area (Å²) in [5, 5.41) is 0. The van der Waals surface area contributed by atoms with Crippen molar-refractivity contribution in [2.45, 2.75) is 44.4 Å². The molecule has 0 radical (unpaired) electrons. The van der Waals surface area contributed by atoms with Crippen molar-refractivity contribution in [2.24, 2.45) is 0 Å². The predicted octanol–water partition coefficient (Wildman–Crippen LogP) is 4.52. The molecule has 94 valence electrons. The summed E-state index contributed by atoms with van der Waals surface area (Å²) in [6, 6.07) is 6.57. The van der Waals surface area contributed by atoms with Gasteiger partial charge in [-0.15, -0.1) is 11.6 Å². The smallest absolute Gasteiger partial charge is 0.119 e. The molecular weight excluding hydrogens is 232 g/mol. The zero-order chi connectivity index (χ0) is 12.1. The van der Waals surface area contributed by atoms with Crippen LogP contribution >= 0.6 is 11.6 Å². The number of ether oxygens (including phenoxy) is 1. The lowest BCUT2D eigenvalue weighted by molar-refractivity contribution is 0.412. The number of halogens is 1. The van der Waals surface area contributed by atoms with Crippen LogP contribution in [0.3, 0.4) is 0 Å². The van der Waals surface area contributed by atoms with E-state index in [9.17, 15) is 0 Å². The normalized spacial score (nSPS) is 18.8. The summed E-state index contributed by atoms with van der Waals surface area (Å²) >= 11 is 5.74. The molecule has 17 heavy (non-hydrogen) atoms. The average molecular weight is 253 g/mol. The van der Waals surface area contributed by atoms with Crippen LogP contribution in [-0.4, -0.2) is 13.0 Å². The fraction of sp³-hybridized carbons (Fsp3) is 0.600. The van der Waals surface area contributed by atoms with E-state index in [1.165, 1.54) is 37.7 Å². The quantitative estimate of drug-likeness (QED) is 0.553. The van der Waals surface area contributed by atoms with Crippen LogP contribution in [0.1, 0.15) is 49.1 Å². The maximum atomic E-state index is 5.74. The number of methoxy groups -OCH3 is 1. The number of benzene rings is 1. The molecule has 0 unspecified atom stereocenters. The SMILES string of the molecule is COc1ccc2c(c1)CCC[C@H]2CCCCCl. The Hall–Kier alpha value is -0.690. The molecule has 1 atom stereocenters. The van der Waals surface area contributed by atoms with Gasteiger partial charge in [-0.05, 0) is 61.3 Å². The third-order valence-electron chi connectivity index (χ3n) is 3.72. The van der Waals surface area contributed by atoms with E-state index in [4.69, 9.17) is 16.3 Å². The van der Waals surface area contributed by atoms with E-state index in [1.807, 2.05) is 0 Å². The minimum Gasteiger partial charge on any atom is -0.497 e. The van der Waals surface area contributed by atoms with Crippen molar-refractivity contribution >= 4 is 11.6 Å².